The Hall–Kier alpha value is -1.88. The minimum absolute atomic E-state index is 0.0305. The van der Waals surface area contributed by atoms with Gasteiger partial charge >= 0.3 is 0 Å². The number of ketones is 1. The van der Waals surface area contributed by atoms with Crippen molar-refractivity contribution in [1.29, 1.82) is 0 Å². The molecule has 0 aliphatic heterocycles. The van der Waals surface area contributed by atoms with Crippen LogP contribution in [0.15, 0.2) is 41.0 Å². The molecule has 4 nitrogen and oxygen atoms in total. The van der Waals surface area contributed by atoms with Gasteiger partial charge in [0.1, 0.15) is 11.5 Å². The average Bonchev–Trinajstić information content (AvgIpc) is 2.48. The van der Waals surface area contributed by atoms with Gasteiger partial charge in [0.15, 0.2) is 5.78 Å². The predicted octanol–water partition coefficient (Wildman–Crippen LogP) is 3.29. The number of benzene rings is 1. The number of nitrogens with zero attached hydrogens (tertiary/aromatic N) is 1. The molecule has 5 heteroatoms. The van der Waals surface area contributed by atoms with Crippen LogP contribution in [0.25, 0.3) is 0 Å². The van der Waals surface area contributed by atoms with Crippen LogP contribution in [-0.4, -0.2) is 25.0 Å². The number of Topliss-reactive ketones (excluding diaryl/α,β-unsaturated/α-hetero) is 1. The van der Waals surface area contributed by atoms with E-state index in [1.807, 2.05) is 12.1 Å². The molecule has 1 heterocycles. The Bertz CT molecular complexity index is 589. The molecule has 104 valence electrons. The quantitative estimate of drug-likeness (QED) is 0.786. The zero-order chi connectivity index (χ0) is 14.5. The van der Waals surface area contributed by atoms with E-state index in [0.717, 1.165) is 10.2 Å². The Morgan fingerprint density at radius 1 is 1.15 bits per heavy atom. The van der Waals surface area contributed by atoms with Crippen LogP contribution in [0.4, 0.5) is 0 Å². The second kappa shape index (κ2) is 6.52. The van der Waals surface area contributed by atoms with E-state index in [-0.39, 0.29) is 12.2 Å². The molecule has 1 aromatic carbocycles. The first-order chi connectivity index (χ1) is 9.62. The van der Waals surface area contributed by atoms with E-state index in [2.05, 4.69) is 20.9 Å². The number of rotatable bonds is 5. The van der Waals surface area contributed by atoms with Crippen LogP contribution in [0, 0.1) is 0 Å². The number of ether oxygens (including phenoxy) is 2. The van der Waals surface area contributed by atoms with Crippen molar-refractivity contribution in [2.75, 3.05) is 14.2 Å². The molecule has 0 aliphatic rings. The molecule has 0 bridgehead atoms. The van der Waals surface area contributed by atoms with E-state index in [1.165, 1.54) is 0 Å². The summed E-state index contributed by atoms with van der Waals surface area (Å²) in [5.41, 5.74) is 1.27. The molecule has 0 unspecified atom stereocenters. The molecule has 1 aromatic heterocycles. The highest BCUT2D eigenvalue weighted by molar-refractivity contribution is 9.10. The van der Waals surface area contributed by atoms with Crippen LogP contribution in [0.3, 0.4) is 0 Å². The molecule has 0 saturated carbocycles. The van der Waals surface area contributed by atoms with Gasteiger partial charge < -0.3 is 9.47 Å². The normalized spacial score (nSPS) is 10.2. The summed E-state index contributed by atoms with van der Waals surface area (Å²) >= 11 is 3.31. The zero-order valence-corrected chi connectivity index (χ0v) is 12.8. The Labute approximate surface area is 125 Å². The maximum Gasteiger partial charge on any atom is 0.169 e. The van der Waals surface area contributed by atoms with Gasteiger partial charge in [0.2, 0.25) is 0 Å². The molecule has 0 amide bonds. The summed E-state index contributed by atoms with van der Waals surface area (Å²) in [6.45, 7) is 0. The number of hydrogen-bond acceptors (Lipinski definition) is 4. The van der Waals surface area contributed by atoms with E-state index in [1.54, 1.807) is 38.6 Å². The summed E-state index contributed by atoms with van der Waals surface area (Å²) in [5.74, 6) is 1.16. The van der Waals surface area contributed by atoms with E-state index >= 15 is 0 Å². The summed E-state index contributed by atoms with van der Waals surface area (Å²) in [6.07, 6.45) is 1.92. The van der Waals surface area contributed by atoms with Crippen LogP contribution in [0.1, 0.15) is 16.1 Å². The molecule has 0 saturated heterocycles. The molecular weight excluding hydrogens is 322 g/mol. The van der Waals surface area contributed by atoms with Crippen molar-refractivity contribution in [1.82, 2.24) is 4.98 Å². The lowest BCUT2D eigenvalue weighted by Crippen LogP contribution is -2.05. The molecular formula is C15H14BrNO3. The molecule has 2 aromatic rings. The fraction of sp³-hybridized carbons (Fsp3) is 0.200. The van der Waals surface area contributed by atoms with E-state index < -0.39 is 0 Å². The standard InChI is InChI=1S/C15H14BrNO3/c1-19-13-5-10(6-14(8-13)20-2)15(18)7-12-4-3-11(16)9-17-12/h3-6,8-9H,7H2,1-2H3. The van der Waals surface area contributed by atoms with Crippen LogP contribution >= 0.6 is 15.9 Å². The Balaban J connectivity index is 2.22. The van der Waals surface area contributed by atoms with Crippen LogP contribution in [0.2, 0.25) is 0 Å². The number of aromatic nitrogens is 1. The first-order valence-corrected chi connectivity index (χ1v) is 6.78. The van der Waals surface area contributed by atoms with Crippen molar-refractivity contribution in [3.63, 3.8) is 0 Å². The summed E-state index contributed by atoms with van der Waals surface area (Å²) in [5, 5.41) is 0. The highest BCUT2D eigenvalue weighted by Crippen LogP contribution is 2.23. The van der Waals surface area contributed by atoms with Gasteiger partial charge in [0.05, 0.1) is 20.6 Å². The number of methoxy groups -OCH3 is 2. The molecule has 20 heavy (non-hydrogen) atoms. The van der Waals surface area contributed by atoms with Crippen molar-refractivity contribution >= 4 is 21.7 Å². The smallest absolute Gasteiger partial charge is 0.169 e. The molecule has 0 radical (unpaired) electrons. The minimum atomic E-state index is -0.0305. The molecule has 2 rings (SSSR count). The average molecular weight is 336 g/mol. The van der Waals surface area contributed by atoms with E-state index in [4.69, 9.17) is 9.47 Å². The van der Waals surface area contributed by atoms with Gasteiger partial charge in [-0.25, -0.2) is 0 Å². The minimum Gasteiger partial charge on any atom is -0.497 e. The Morgan fingerprint density at radius 2 is 1.80 bits per heavy atom. The molecule has 0 spiro atoms. The van der Waals surface area contributed by atoms with Crippen LogP contribution in [-0.2, 0) is 6.42 Å². The van der Waals surface area contributed by atoms with Crippen molar-refractivity contribution in [2.45, 2.75) is 6.42 Å². The van der Waals surface area contributed by atoms with Crippen LogP contribution in [0.5, 0.6) is 11.5 Å². The Kier molecular flexibility index (Phi) is 4.74. The Morgan fingerprint density at radius 3 is 2.30 bits per heavy atom. The highest BCUT2D eigenvalue weighted by Gasteiger charge is 2.11. The highest BCUT2D eigenvalue weighted by atomic mass is 79.9. The number of pyridine rings is 1. The second-order valence-corrected chi connectivity index (χ2v) is 5.08. The SMILES string of the molecule is COc1cc(OC)cc(C(=O)Cc2ccc(Br)cn2)c1. The van der Waals surface area contributed by atoms with Crippen molar-refractivity contribution in [2.24, 2.45) is 0 Å². The first-order valence-electron chi connectivity index (χ1n) is 5.99. The lowest BCUT2D eigenvalue weighted by molar-refractivity contribution is 0.0991. The third-order valence-electron chi connectivity index (χ3n) is 2.80. The first kappa shape index (κ1) is 14.5. The van der Waals surface area contributed by atoms with Crippen molar-refractivity contribution < 1.29 is 14.3 Å². The molecule has 0 N–H and O–H groups in total. The number of carbonyl (C=O) groups excluding carboxylic acids is 1. The lowest BCUT2D eigenvalue weighted by atomic mass is 10.1. The summed E-state index contributed by atoms with van der Waals surface area (Å²) in [6, 6.07) is 8.81. The third-order valence-corrected chi connectivity index (χ3v) is 3.27. The summed E-state index contributed by atoms with van der Waals surface area (Å²) in [7, 11) is 3.11. The van der Waals surface area contributed by atoms with Gasteiger partial charge in [0, 0.05) is 28.0 Å². The largest absolute Gasteiger partial charge is 0.497 e. The number of halogens is 1. The fourth-order valence-electron chi connectivity index (χ4n) is 1.75. The molecule has 0 fully saturated rings. The zero-order valence-electron chi connectivity index (χ0n) is 11.2. The second-order valence-electron chi connectivity index (χ2n) is 4.17. The van der Waals surface area contributed by atoms with Gasteiger partial charge in [-0.1, -0.05) is 0 Å². The van der Waals surface area contributed by atoms with Gasteiger partial charge in [0.25, 0.3) is 0 Å². The van der Waals surface area contributed by atoms with Crippen molar-refractivity contribution in [3.8, 4) is 11.5 Å². The maximum atomic E-state index is 12.3. The number of hydrogen-bond donors (Lipinski definition) is 0. The monoisotopic (exact) mass is 335 g/mol. The summed E-state index contributed by atoms with van der Waals surface area (Å²) < 4.78 is 11.2. The molecule has 0 atom stereocenters. The predicted molar refractivity (Wildman–Crippen MR) is 79.5 cm³/mol. The van der Waals surface area contributed by atoms with Gasteiger partial charge in [-0.2, -0.15) is 0 Å². The van der Waals surface area contributed by atoms with E-state index in [0.29, 0.717) is 17.1 Å². The van der Waals surface area contributed by atoms with Gasteiger partial charge in [-0.15, -0.1) is 0 Å². The summed E-state index contributed by atoms with van der Waals surface area (Å²) in [4.78, 5) is 16.5. The molecule has 0 aliphatic carbocycles. The third kappa shape index (κ3) is 3.57. The van der Waals surface area contributed by atoms with Crippen molar-refractivity contribution in [3.05, 3.63) is 52.3 Å². The van der Waals surface area contributed by atoms with Gasteiger partial charge in [-0.3, -0.25) is 9.78 Å². The van der Waals surface area contributed by atoms with E-state index in [9.17, 15) is 4.79 Å². The topological polar surface area (TPSA) is 48.4 Å². The van der Waals surface area contributed by atoms with Crippen LogP contribution < -0.4 is 9.47 Å². The maximum absolute atomic E-state index is 12.3. The number of carbonyl (C=O) groups is 1. The fourth-order valence-corrected chi connectivity index (χ4v) is 1.98. The lowest BCUT2D eigenvalue weighted by Gasteiger charge is -2.07. The van der Waals surface area contributed by atoms with Gasteiger partial charge in [-0.05, 0) is 40.2 Å².